The Kier molecular flexibility index (Phi) is 16.7. The molecule has 0 saturated heterocycles. The van der Waals surface area contributed by atoms with Crippen molar-refractivity contribution in [3.8, 4) is 0 Å². The van der Waals surface area contributed by atoms with Crippen LogP contribution in [-0.2, 0) is 0 Å². The van der Waals surface area contributed by atoms with E-state index in [1.54, 1.807) is 0 Å². The largest absolute Gasteiger partial charge is 0.0856 e. The third kappa shape index (κ3) is 15.7. The third-order valence-electron chi connectivity index (χ3n) is 6.61. The van der Waals surface area contributed by atoms with E-state index in [1.807, 2.05) is 0 Å². The lowest BCUT2D eigenvalue weighted by molar-refractivity contribution is 0.967. The fraction of sp³-hybridized carbons (Fsp3) is 0.300. The molecule has 0 atom stereocenters. The summed E-state index contributed by atoms with van der Waals surface area (Å²) in [7, 11) is 0. The molecule has 0 spiro atoms. The molecule has 0 nitrogen and oxygen atoms in total. The summed E-state index contributed by atoms with van der Waals surface area (Å²) in [6, 6.07) is 4.39. The van der Waals surface area contributed by atoms with Crippen LogP contribution in [0.5, 0.6) is 0 Å². The van der Waals surface area contributed by atoms with Gasteiger partial charge in [-0.05, 0) is 104 Å². The molecule has 0 amide bonds. The van der Waals surface area contributed by atoms with Gasteiger partial charge in [0.1, 0.15) is 0 Å². The Labute approximate surface area is 246 Å². The predicted octanol–water partition coefficient (Wildman–Crippen LogP) is 12.3. The van der Waals surface area contributed by atoms with Crippen LogP contribution in [-0.4, -0.2) is 0 Å². The van der Waals surface area contributed by atoms with E-state index in [0.717, 1.165) is 12.8 Å². The molecule has 0 unspecified atom stereocenters. The molecule has 1 aromatic carbocycles. The maximum absolute atomic E-state index is 2.30. The number of benzene rings is 1. The first-order valence-electron chi connectivity index (χ1n) is 14.4. The van der Waals surface area contributed by atoms with Gasteiger partial charge >= 0.3 is 0 Å². The van der Waals surface area contributed by atoms with Crippen molar-refractivity contribution in [1.29, 1.82) is 0 Å². The molecule has 212 valence electrons. The van der Waals surface area contributed by atoms with Gasteiger partial charge in [-0.3, -0.25) is 0 Å². The Morgan fingerprint density at radius 3 is 1.52 bits per heavy atom. The van der Waals surface area contributed by atoms with E-state index in [1.165, 1.54) is 55.7 Å². The van der Waals surface area contributed by atoms with E-state index in [9.17, 15) is 0 Å². The molecule has 0 aliphatic heterocycles. The quantitative estimate of drug-likeness (QED) is 0.175. The molecule has 1 rings (SSSR count). The number of rotatable bonds is 13. The van der Waals surface area contributed by atoms with Gasteiger partial charge in [0.2, 0.25) is 0 Å². The zero-order valence-corrected chi connectivity index (χ0v) is 26.8. The lowest BCUT2D eigenvalue weighted by Gasteiger charge is -2.08. The molecule has 0 heterocycles. The van der Waals surface area contributed by atoms with Crippen molar-refractivity contribution in [2.24, 2.45) is 0 Å². The van der Waals surface area contributed by atoms with Gasteiger partial charge < -0.3 is 0 Å². The summed E-state index contributed by atoms with van der Waals surface area (Å²) in [6.07, 6.45) is 36.7. The van der Waals surface area contributed by atoms with E-state index in [0.29, 0.717) is 0 Å². The van der Waals surface area contributed by atoms with Crippen LogP contribution in [0.2, 0.25) is 0 Å². The van der Waals surface area contributed by atoms with Gasteiger partial charge in [0.05, 0.1) is 0 Å². The second-order valence-corrected chi connectivity index (χ2v) is 11.0. The topological polar surface area (TPSA) is 0 Å². The van der Waals surface area contributed by atoms with Crippen LogP contribution in [0.4, 0.5) is 0 Å². The predicted molar refractivity (Wildman–Crippen MR) is 184 cm³/mol. The van der Waals surface area contributed by atoms with Gasteiger partial charge in [-0.15, -0.1) is 0 Å². The van der Waals surface area contributed by atoms with Crippen LogP contribution >= 0.6 is 0 Å². The summed E-state index contributed by atoms with van der Waals surface area (Å²) in [5.74, 6) is 0. The van der Waals surface area contributed by atoms with Gasteiger partial charge in [0, 0.05) is 0 Å². The number of allylic oxidation sites excluding steroid dienone is 21. The van der Waals surface area contributed by atoms with E-state index in [-0.39, 0.29) is 0 Å². The smallest absolute Gasteiger partial charge is 0.0195 e. The summed E-state index contributed by atoms with van der Waals surface area (Å²) in [4.78, 5) is 0. The first-order chi connectivity index (χ1) is 19.0. The van der Waals surface area contributed by atoms with Crippen molar-refractivity contribution in [3.05, 3.63) is 159 Å². The Balaban J connectivity index is 2.60. The van der Waals surface area contributed by atoms with E-state index in [4.69, 9.17) is 0 Å². The highest BCUT2D eigenvalue weighted by Crippen LogP contribution is 2.19. The molecule has 0 bridgehead atoms. The lowest BCUT2D eigenvalue weighted by atomic mass is 9.97. The molecule has 40 heavy (non-hydrogen) atoms. The van der Waals surface area contributed by atoms with Crippen molar-refractivity contribution in [2.75, 3.05) is 0 Å². The molecule has 0 N–H and O–H groups in total. The molecule has 0 fully saturated rings. The minimum Gasteiger partial charge on any atom is -0.0856 e. The minimum absolute atomic E-state index is 1.11. The summed E-state index contributed by atoms with van der Waals surface area (Å²) in [6.45, 7) is 21.6. The average molecular weight is 533 g/mol. The Hall–Kier alpha value is -3.64. The number of hydrogen-bond acceptors (Lipinski definition) is 0. The molecular weight excluding hydrogens is 480 g/mol. The van der Waals surface area contributed by atoms with Crippen LogP contribution in [0, 0.1) is 20.8 Å². The zero-order valence-electron chi connectivity index (χ0n) is 26.8. The SMILES string of the molecule is CC(C)=CCC\C(C)=C/C=C/C(C)=C/C=C/C(C)=C/C=C/C=C(C)/C=C/C=C(C)/C=C/c1c(C)ccc(C)c1C. The van der Waals surface area contributed by atoms with E-state index < -0.39 is 0 Å². The highest BCUT2D eigenvalue weighted by molar-refractivity contribution is 5.61. The monoisotopic (exact) mass is 532 g/mol. The average Bonchev–Trinajstić information content (AvgIpc) is 2.88. The fourth-order valence-electron chi connectivity index (χ4n) is 3.82. The van der Waals surface area contributed by atoms with Crippen LogP contribution in [0.1, 0.15) is 83.6 Å². The normalized spacial score (nSPS) is 14.7. The molecule has 0 saturated carbocycles. The van der Waals surface area contributed by atoms with Crippen LogP contribution in [0.15, 0.2) is 137 Å². The van der Waals surface area contributed by atoms with Gasteiger partial charge in [-0.25, -0.2) is 0 Å². The Bertz CT molecular complexity index is 1290. The first-order valence-corrected chi connectivity index (χ1v) is 14.4. The molecule has 1 aromatic rings. The molecular formula is C40H52. The van der Waals surface area contributed by atoms with Crippen LogP contribution in [0.25, 0.3) is 6.08 Å². The maximum Gasteiger partial charge on any atom is -0.0195 e. The Morgan fingerprint density at radius 1 is 0.550 bits per heavy atom. The van der Waals surface area contributed by atoms with Crippen molar-refractivity contribution in [1.82, 2.24) is 0 Å². The molecule has 0 aliphatic carbocycles. The summed E-state index contributed by atoms with van der Waals surface area (Å²) in [5.41, 5.74) is 13.0. The van der Waals surface area contributed by atoms with Crippen LogP contribution in [0.3, 0.4) is 0 Å². The molecule has 0 radical (unpaired) electrons. The maximum atomic E-state index is 2.30. The molecule has 0 aromatic heterocycles. The van der Waals surface area contributed by atoms with Crippen molar-refractivity contribution in [2.45, 2.75) is 82.1 Å². The zero-order chi connectivity index (χ0) is 29.9. The highest BCUT2D eigenvalue weighted by Gasteiger charge is 2.01. The second kappa shape index (κ2) is 19.4. The highest BCUT2D eigenvalue weighted by atomic mass is 14.1. The first kappa shape index (κ1) is 34.4. The van der Waals surface area contributed by atoms with E-state index in [2.05, 4.69) is 179 Å². The van der Waals surface area contributed by atoms with E-state index >= 15 is 0 Å². The fourth-order valence-corrected chi connectivity index (χ4v) is 3.82. The third-order valence-corrected chi connectivity index (χ3v) is 6.61. The number of aryl methyl sites for hydroxylation is 2. The van der Waals surface area contributed by atoms with Gasteiger partial charge in [0.15, 0.2) is 0 Å². The summed E-state index contributed by atoms with van der Waals surface area (Å²) < 4.78 is 0. The second-order valence-electron chi connectivity index (χ2n) is 11.0. The molecule has 0 heteroatoms. The Morgan fingerprint density at radius 2 is 1.00 bits per heavy atom. The van der Waals surface area contributed by atoms with Gasteiger partial charge in [-0.1, -0.05) is 143 Å². The summed E-state index contributed by atoms with van der Waals surface area (Å²) in [5, 5.41) is 0. The van der Waals surface area contributed by atoms with Gasteiger partial charge in [0.25, 0.3) is 0 Å². The summed E-state index contributed by atoms with van der Waals surface area (Å²) >= 11 is 0. The van der Waals surface area contributed by atoms with Crippen LogP contribution < -0.4 is 0 Å². The molecule has 0 aliphatic rings. The van der Waals surface area contributed by atoms with Gasteiger partial charge in [-0.2, -0.15) is 0 Å². The standard InChI is InChI=1S/C40H52/c1-31(2)17-13-20-34(5)23-15-25-35(6)24-14-21-32(3)18-11-12-19-33(4)22-16-26-36(7)27-30-40-38(9)29-28-37(8)39(40)10/h11-12,14-19,21-30H,13,20H2,1-10H3/b12-11+,21-14+,22-16+,25-15+,30-27+,32-18+,33-19+,34-23-,35-24+,36-26+. The number of hydrogen-bond donors (Lipinski definition) is 0. The minimum atomic E-state index is 1.11. The lowest BCUT2D eigenvalue weighted by Crippen LogP contribution is -1.89. The van der Waals surface area contributed by atoms with Crippen molar-refractivity contribution in [3.63, 3.8) is 0 Å². The van der Waals surface area contributed by atoms with Crippen molar-refractivity contribution >= 4 is 6.08 Å². The van der Waals surface area contributed by atoms with Crippen molar-refractivity contribution < 1.29 is 0 Å².